The van der Waals surface area contributed by atoms with Gasteiger partial charge in [-0.15, -0.1) is 0 Å². The van der Waals surface area contributed by atoms with E-state index in [0.29, 0.717) is 6.42 Å². The van der Waals surface area contributed by atoms with Gasteiger partial charge >= 0.3 is 5.97 Å². The van der Waals surface area contributed by atoms with Crippen LogP contribution in [-0.2, 0) is 18.3 Å². The van der Waals surface area contributed by atoms with Crippen molar-refractivity contribution in [1.82, 2.24) is 9.55 Å². The Morgan fingerprint density at radius 1 is 1.41 bits per heavy atom. The van der Waals surface area contributed by atoms with Crippen LogP contribution in [0.4, 0.5) is 0 Å². The van der Waals surface area contributed by atoms with Gasteiger partial charge in [0.1, 0.15) is 5.82 Å². The van der Waals surface area contributed by atoms with E-state index in [1.807, 2.05) is 24.6 Å². The minimum atomic E-state index is -0.787. The van der Waals surface area contributed by atoms with E-state index in [1.54, 1.807) is 0 Å². The zero-order valence-corrected chi connectivity index (χ0v) is 10.3. The third-order valence-electron chi connectivity index (χ3n) is 2.96. The summed E-state index contributed by atoms with van der Waals surface area (Å²) in [5.74, 6) is 0.0426. The van der Waals surface area contributed by atoms with Crippen molar-refractivity contribution in [3.63, 3.8) is 0 Å². The largest absolute Gasteiger partial charge is 0.481 e. The number of carboxylic acids is 1. The SMILES string of the molecule is Cc1cc(C)c2c(c1)nc(CCC(=O)O)n2C. The van der Waals surface area contributed by atoms with Crippen molar-refractivity contribution in [2.45, 2.75) is 26.7 Å². The first-order valence-electron chi connectivity index (χ1n) is 5.63. The van der Waals surface area contributed by atoms with E-state index in [4.69, 9.17) is 5.11 Å². The van der Waals surface area contributed by atoms with E-state index in [-0.39, 0.29) is 6.42 Å². The van der Waals surface area contributed by atoms with E-state index in [9.17, 15) is 4.79 Å². The number of hydrogen-bond donors (Lipinski definition) is 1. The second kappa shape index (κ2) is 4.20. The molecule has 2 rings (SSSR count). The van der Waals surface area contributed by atoms with Gasteiger partial charge in [-0.25, -0.2) is 4.98 Å². The number of imidazole rings is 1. The molecule has 0 spiro atoms. The lowest BCUT2D eigenvalue weighted by Gasteiger charge is -2.03. The average Bonchev–Trinajstić information content (AvgIpc) is 2.52. The van der Waals surface area contributed by atoms with E-state index >= 15 is 0 Å². The molecular weight excluding hydrogens is 216 g/mol. The van der Waals surface area contributed by atoms with Gasteiger partial charge in [-0.3, -0.25) is 4.79 Å². The average molecular weight is 232 g/mol. The summed E-state index contributed by atoms with van der Waals surface area (Å²) in [5, 5.41) is 8.70. The first-order chi connectivity index (χ1) is 7.99. The molecule has 17 heavy (non-hydrogen) atoms. The number of aromatic nitrogens is 2. The summed E-state index contributed by atoms with van der Waals surface area (Å²) in [7, 11) is 1.94. The number of hydrogen-bond acceptors (Lipinski definition) is 2. The molecule has 4 nitrogen and oxygen atoms in total. The Morgan fingerprint density at radius 3 is 2.76 bits per heavy atom. The summed E-state index contributed by atoms with van der Waals surface area (Å²) in [5.41, 5.74) is 4.40. The molecule has 4 heteroatoms. The van der Waals surface area contributed by atoms with E-state index in [0.717, 1.165) is 16.9 Å². The molecule has 0 aliphatic carbocycles. The Morgan fingerprint density at radius 2 is 2.12 bits per heavy atom. The molecule has 0 saturated carbocycles. The van der Waals surface area contributed by atoms with Gasteiger partial charge < -0.3 is 9.67 Å². The Hall–Kier alpha value is -1.84. The lowest BCUT2D eigenvalue weighted by molar-refractivity contribution is -0.137. The summed E-state index contributed by atoms with van der Waals surface area (Å²) in [6.07, 6.45) is 0.591. The summed E-state index contributed by atoms with van der Waals surface area (Å²) in [4.78, 5) is 15.1. The maximum Gasteiger partial charge on any atom is 0.303 e. The zero-order chi connectivity index (χ0) is 12.6. The van der Waals surface area contributed by atoms with Crippen molar-refractivity contribution >= 4 is 17.0 Å². The second-order valence-electron chi connectivity index (χ2n) is 4.43. The highest BCUT2D eigenvalue weighted by Gasteiger charge is 2.11. The summed E-state index contributed by atoms with van der Waals surface area (Å²) in [6.45, 7) is 4.09. The highest BCUT2D eigenvalue weighted by molar-refractivity contribution is 5.80. The Kier molecular flexibility index (Phi) is 2.88. The van der Waals surface area contributed by atoms with Crippen LogP contribution in [0.1, 0.15) is 23.4 Å². The molecule has 1 aromatic heterocycles. The topological polar surface area (TPSA) is 55.1 Å². The van der Waals surface area contributed by atoms with Crippen LogP contribution in [0.5, 0.6) is 0 Å². The van der Waals surface area contributed by atoms with Gasteiger partial charge in [-0.1, -0.05) is 6.07 Å². The lowest BCUT2D eigenvalue weighted by Crippen LogP contribution is -2.03. The van der Waals surface area contributed by atoms with E-state index in [1.165, 1.54) is 11.1 Å². The molecule has 1 aromatic carbocycles. The van der Waals surface area contributed by atoms with Crippen LogP contribution in [0.3, 0.4) is 0 Å². The highest BCUT2D eigenvalue weighted by Crippen LogP contribution is 2.21. The van der Waals surface area contributed by atoms with Crippen molar-refractivity contribution in [3.8, 4) is 0 Å². The van der Waals surface area contributed by atoms with Gasteiger partial charge in [0.25, 0.3) is 0 Å². The van der Waals surface area contributed by atoms with Gasteiger partial charge in [-0.05, 0) is 31.0 Å². The van der Waals surface area contributed by atoms with Crippen LogP contribution in [-0.4, -0.2) is 20.6 Å². The minimum Gasteiger partial charge on any atom is -0.481 e. The quantitative estimate of drug-likeness (QED) is 0.882. The molecule has 0 atom stereocenters. The standard InChI is InChI=1S/C13H16N2O2/c1-8-6-9(2)13-10(7-8)14-11(15(13)3)4-5-12(16)17/h6-7H,4-5H2,1-3H3,(H,16,17). The number of rotatable bonds is 3. The maximum absolute atomic E-state index is 10.6. The maximum atomic E-state index is 10.6. The third kappa shape index (κ3) is 2.16. The Bertz CT molecular complexity index is 585. The fraction of sp³-hybridized carbons (Fsp3) is 0.385. The molecule has 0 fully saturated rings. The molecule has 0 aliphatic rings. The Balaban J connectivity index is 2.49. The lowest BCUT2D eigenvalue weighted by atomic mass is 10.1. The predicted molar refractivity (Wildman–Crippen MR) is 66.1 cm³/mol. The molecule has 90 valence electrons. The van der Waals surface area contributed by atoms with Gasteiger partial charge in [0.15, 0.2) is 0 Å². The minimum absolute atomic E-state index is 0.120. The number of carboxylic acid groups (broad SMARTS) is 1. The third-order valence-corrected chi connectivity index (χ3v) is 2.96. The molecule has 2 aromatic rings. The van der Waals surface area contributed by atoms with Crippen molar-refractivity contribution < 1.29 is 9.90 Å². The second-order valence-corrected chi connectivity index (χ2v) is 4.43. The summed E-state index contributed by atoms with van der Waals surface area (Å²) < 4.78 is 1.99. The van der Waals surface area contributed by atoms with E-state index in [2.05, 4.69) is 18.0 Å². The molecule has 0 bridgehead atoms. The fourth-order valence-corrected chi connectivity index (χ4v) is 2.24. The Labute approximate surface area is 99.9 Å². The molecular formula is C13H16N2O2. The first-order valence-corrected chi connectivity index (χ1v) is 5.63. The number of aryl methyl sites for hydroxylation is 4. The normalized spacial score (nSPS) is 11.0. The number of benzene rings is 1. The number of aliphatic carboxylic acids is 1. The van der Waals surface area contributed by atoms with Gasteiger partial charge in [0, 0.05) is 13.5 Å². The van der Waals surface area contributed by atoms with E-state index < -0.39 is 5.97 Å². The number of carbonyl (C=O) groups is 1. The number of fused-ring (bicyclic) bond motifs is 1. The van der Waals surface area contributed by atoms with Crippen LogP contribution in [0, 0.1) is 13.8 Å². The molecule has 0 aliphatic heterocycles. The molecule has 0 saturated heterocycles. The van der Waals surface area contributed by atoms with Crippen molar-refractivity contribution in [3.05, 3.63) is 29.1 Å². The molecule has 1 heterocycles. The monoisotopic (exact) mass is 232 g/mol. The van der Waals surface area contributed by atoms with Crippen molar-refractivity contribution in [1.29, 1.82) is 0 Å². The first kappa shape index (κ1) is 11.6. The smallest absolute Gasteiger partial charge is 0.303 e. The van der Waals surface area contributed by atoms with Crippen LogP contribution in [0.2, 0.25) is 0 Å². The highest BCUT2D eigenvalue weighted by atomic mass is 16.4. The van der Waals surface area contributed by atoms with Crippen LogP contribution in [0.15, 0.2) is 12.1 Å². The van der Waals surface area contributed by atoms with Crippen molar-refractivity contribution in [2.24, 2.45) is 7.05 Å². The predicted octanol–water partition coefficient (Wildman–Crippen LogP) is 2.21. The van der Waals surface area contributed by atoms with Gasteiger partial charge in [0.2, 0.25) is 0 Å². The van der Waals surface area contributed by atoms with Crippen molar-refractivity contribution in [2.75, 3.05) is 0 Å². The fourth-order valence-electron chi connectivity index (χ4n) is 2.24. The zero-order valence-electron chi connectivity index (χ0n) is 10.3. The molecule has 0 radical (unpaired) electrons. The summed E-state index contributed by atoms with van der Waals surface area (Å²) in [6, 6.07) is 4.15. The summed E-state index contributed by atoms with van der Waals surface area (Å²) >= 11 is 0. The molecule has 0 amide bonds. The molecule has 0 unspecified atom stereocenters. The number of nitrogens with zero attached hydrogens (tertiary/aromatic N) is 2. The van der Waals surface area contributed by atoms with Gasteiger partial charge in [-0.2, -0.15) is 0 Å². The van der Waals surface area contributed by atoms with Gasteiger partial charge in [0.05, 0.1) is 17.5 Å². The van der Waals surface area contributed by atoms with Crippen LogP contribution in [0.25, 0.3) is 11.0 Å². The van der Waals surface area contributed by atoms with Crippen LogP contribution >= 0.6 is 0 Å². The van der Waals surface area contributed by atoms with Crippen LogP contribution < -0.4 is 0 Å². The molecule has 1 N–H and O–H groups in total.